The van der Waals surface area contributed by atoms with Crippen molar-refractivity contribution in [2.45, 2.75) is 12.2 Å². The Hall–Kier alpha value is -0.680. The summed E-state index contributed by atoms with van der Waals surface area (Å²) in [5, 5.41) is 8.73. The standard InChI is InChI=1S/C12H14BrNO2S/c1-8-2-3-9(6-10(8)13)14-4-5-17-11(7-14)12(15)16/h2-3,6,11H,4-5,7H2,1H3,(H,15,16). The van der Waals surface area contributed by atoms with Crippen LogP contribution < -0.4 is 4.90 Å². The lowest BCUT2D eigenvalue weighted by Gasteiger charge is -2.32. The van der Waals surface area contributed by atoms with E-state index >= 15 is 0 Å². The van der Waals surface area contributed by atoms with E-state index in [1.165, 1.54) is 17.3 Å². The van der Waals surface area contributed by atoms with Gasteiger partial charge < -0.3 is 10.0 Å². The summed E-state index contributed by atoms with van der Waals surface area (Å²) in [5.74, 6) is 0.147. The largest absolute Gasteiger partial charge is 0.480 e. The van der Waals surface area contributed by atoms with Gasteiger partial charge in [0.1, 0.15) is 5.25 Å². The molecular formula is C12H14BrNO2S. The van der Waals surface area contributed by atoms with Gasteiger partial charge in [-0.05, 0) is 24.6 Å². The van der Waals surface area contributed by atoms with Gasteiger partial charge in [0.25, 0.3) is 0 Å². The average Bonchev–Trinajstić information content (AvgIpc) is 2.33. The van der Waals surface area contributed by atoms with Crippen LogP contribution in [0, 0.1) is 6.92 Å². The van der Waals surface area contributed by atoms with E-state index in [4.69, 9.17) is 5.11 Å². The highest BCUT2D eigenvalue weighted by molar-refractivity contribution is 9.10. The third-order valence-electron chi connectivity index (χ3n) is 2.86. The van der Waals surface area contributed by atoms with E-state index in [-0.39, 0.29) is 5.25 Å². The van der Waals surface area contributed by atoms with Gasteiger partial charge in [0.05, 0.1) is 0 Å². The Morgan fingerprint density at radius 3 is 3.00 bits per heavy atom. The molecule has 1 N–H and O–H groups in total. The highest BCUT2D eigenvalue weighted by Crippen LogP contribution is 2.27. The summed E-state index contributed by atoms with van der Waals surface area (Å²) in [6.45, 7) is 3.53. The summed E-state index contributed by atoms with van der Waals surface area (Å²) in [6.07, 6.45) is 0. The molecule has 1 aromatic rings. The molecule has 0 aliphatic carbocycles. The van der Waals surface area contributed by atoms with E-state index in [1.807, 2.05) is 6.92 Å². The van der Waals surface area contributed by atoms with Crippen molar-refractivity contribution in [3.8, 4) is 0 Å². The first kappa shape index (κ1) is 12.8. The summed E-state index contributed by atoms with van der Waals surface area (Å²) in [6, 6.07) is 6.16. The summed E-state index contributed by atoms with van der Waals surface area (Å²) >= 11 is 5.03. The second-order valence-corrected chi connectivity index (χ2v) is 6.24. The van der Waals surface area contributed by atoms with Gasteiger partial charge in [0.15, 0.2) is 0 Å². The number of carboxylic acid groups (broad SMARTS) is 1. The molecule has 0 bridgehead atoms. The van der Waals surface area contributed by atoms with Crippen molar-refractivity contribution in [3.05, 3.63) is 28.2 Å². The zero-order valence-corrected chi connectivity index (χ0v) is 11.9. The van der Waals surface area contributed by atoms with E-state index in [0.29, 0.717) is 6.54 Å². The van der Waals surface area contributed by atoms with Gasteiger partial charge in [-0.1, -0.05) is 22.0 Å². The Morgan fingerprint density at radius 2 is 2.35 bits per heavy atom. The molecule has 1 fully saturated rings. The smallest absolute Gasteiger partial charge is 0.318 e. The highest BCUT2D eigenvalue weighted by atomic mass is 79.9. The van der Waals surface area contributed by atoms with Crippen LogP contribution >= 0.6 is 27.7 Å². The molecule has 1 unspecified atom stereocenters. The maximum atomic E-state index is 11.0. The monoisotopic (exact) mass is 315 g/mol. The van der Waals surface area contributed by atoms with Gasteiger partial charge in [0.2, 0.25) is 0 Å². The normalized spacial score (nSPS) is 20.4. The number of benzene rings is 1. The number of aryl methyl sites for hydroxylation is 1. The van der Waals surface area contributed by atoms with Crippen LogP contribution in [0.15, 0.2) is 22.7 Å². The zero-order valence-electron chi connectivity index (χ0n) is 9.52. The third kappa shape index (κ3) is 2.96. The summed E-state index contributed by atoms with van der Waals surface area (Å²) < 4.78 is 1.07. The fourth-order valence-corrected chi connectivity index (χ4v) is 3.22. The van der Waals surface area contributed by atoms with Crippen molar-refractivity contribution >= 4 is 39.3 Å². The van der Waals surface area contributed by atoms with Crippen molar-refractivity contribution in [3.63, 3.8) is 0 Å². The average molecular weight is 316 g/mol. The Balaban J connectivity index is 2.16. The van der Waals surface area contributed by atoms with Gasteiger partial charge in [-0.25, -0.2) is 0 Å². The molecule has 92 valence electrons. The van der Waals surface area contributed by atoms with Crippen LogP contribution in [0.5, 0.6) is 0 Å². The van der Waals surface area contributed by atoms with Crippen molar-refractivity contribution in [2.24, 2.45) is 0 Å². The Morgan fingerprint density at radius 1 is 1.59 bits per heavy atom. The summed E-state index contributed by atoms with van der Waals surface area (Å²) in [4.78, 5) is 13.1. The Bertz CT molecular complexity index is 439. The number of thioether (sulfide) groups is 1. The minimum absolute atomic E-state index is 0.316. The van der Waals surface area contributed by atoms with Gasteiger partial charge in [-0.15, -0.1) is 11.8 Å². The van der Waals surface area contributed by atoms with Crippen LogP contribution in [-0.2, 0) is 4.79 Å². The fourth-order valence-electron chi connectivity index (χ4n) is 1.81. The maximum Gasteiger partial charge on any atom is 0.318 e. The number of rotatable bonds is 2. The van der Waals surface area contributed by atoms with Crippen molar-refractivity contribution in [1.82, 2.24) is 0 Å². The molecule has 1 saturated heterocycles. The molecule has 1 aromatic carbocycles. The molecule has 0 saturated carbocycles. The molecule has 0 aromatic heterocycles. The highest BCUT2D eigenvalue weighted by Gasteiger charge is 2.26. The maximum absolute atomic E-state index is 11.0. The summed E-state index contributed by atoms with van der Waals surface area (Å²) in [5.41, 5.74) is 2.28. The minimum Gasteiger partial charge on any atom is -0.480 e. The summed E-state index contributed by atoms with van der Waals surface area (Å²) in [7, 11) is 0. The number of anilines is 1. The van der Waals surface area contributed by atoms with Crippen LogP contribution in [0.2, 0.25) is 0 Å². The van der Waals surface area contributed by atoms with E-state index in [9.17, 15) is 4.79 Å². The van der Waals surface area contributed by atoms with Crippen LogP contribution in [0.3, 0.4) is 0 Å². The topological polar surface area (TPSA) is 40.5 Å². The molecular weight excluding hydrogens is 302 g/mol. The molecule has 3 nitrogen and oxygen atoms in total. The first-order valence-corrected chi connectivity index (χ1v) is 7.27. The second kappa shape index (κ2) is 5.31. The Kier molecular flexibility index (Phi) is 3.99. The molecule has 0 spiro atoms. The molecule has 1 aliphatic heterocycles. The molecule has 17 heavy (non-hydrogen) atoms. The van der Waals surface area contributed by atoms with E-state index in [0.717, 1.165) is 22.5 Å². The quantitative estimate of drug-likeness (QED) is 0.911. The predicted octanol–water partition coefficient (Wildman–Crippen LogP) is 2.76. The number of hydrogen-bond donors (Lipinski definition) is 1. The van der Waals surface area contributed by atoms with Crippen molar-refractivity contribution in [2.75, 3.05) is 23.7 Å². The number of aliphatic carboxylic acids is 1. The van der Waals surface area contributed by atoms with Crippen LogP contribution in [0.1, 0.15) is 5.56 Å². The molecule has 1 aliphatic rings. The first-order chi connectivity index (χ1) is 8.08. The van der Waals surface area contributed by atoms with E-state index < -0.39 is 5.97 Å². The molecule has 2 rings (SSSR count). The van der Waals surface area contributed by atoms with Gasteiger partial charge in [-0.3, -0.25) is 4.79 Å². The van der Waals surface area contributed by atoms with E-state index in [2.05, 4.69) is 39.0 Å². The number of halogens is 1. The van der Waals surface area contributed by atoms with Crippen molar-refractivity contribution < 1.29 is 9.90 Å². The van der Waals surface area contributed by atoms with Crippen LogP contribution in [0.25, 0.3) is 0 Å². The van der Waals surface area contributed by atoms with Gasteiger partial charge >= 0.3 is 5.97 Å². The first-order valence-electron chi connectivity index (χ1n) is 5.43. The lowest BCUT2D eigenvalue weighted by atomic mass is 10.2. The number of nitrogens with zero attached hydrogens (tertiary/aromatic N) is 1. The third-order valence-corrected chi connectivity index (χ3v) is 4.89. The minimum atomic E-state index is -0.717. The number of carboxylic acids is 1. The fraction of sp³-hybridized carbons (Fsp3) is 0.417. The Labute approximate surface area is 113 Å². The van der Waals surface area contributed by atoms with Crippen LogP contribution in [0.4, 0.5) is 5.69 Å². The lowest BCUT2D eigenvalue weighted by molar-refractivity contribution is -0.136. The second-order valence-electron chi connectivity index (χ2n) is 4.08. The number of carbonyl (C=O) groups is 1. The molecule has 0 radical (unpaired) electrons. The molecule has 5 heteroatoms. The predicted molar refractivity (Wildman–Crippen MR) is 75.0 cm³/mol. The number of hydrogen-bond acceptors (Lipinski definition) is 3. The molecule has 1 atom stereocenters. The van der Waals surface area contributed by atoms with Gasteiger partial charge in [-0.2, -0.15) is 0 Å². The van der Waals surface area contributed by atoms with Gasteiger partial charge in [0, 0.05) is 29.0 Å². The van der Waals surface area contributed by atoms with E-state index in [1.54, 1.807) is 0 Å². The molecule has 1 heterocycles. The van der Waals surface area contributed by atoms with Crippen molar-refractivity contribution in [1.29, 1.82) is 0 Å². The van der Waals surface area contributed by atoms with Crippen LogP contribution in [-0.4, -0.2) is 35.2 Å². The molecule has 0 amide bonds. The SMILES string of the molecule is Cc1ccc(N2CCSC(C(=O)O)C2)cc1Br. The zero-order chi connectivity index (χ0) is 12.4. The lowest BCUT2D eigenvalue weighted by Crippen LogP contribution is -2.41.